The predicted octanol–water partition coefficient (Wildman–Crippen LogP) is 3.46. The number of fused-ring (bicyclic) bond motifs is 1. The normalized spacial score (nSPS) is 23.0. The van der Waals surface area contributed by atoms with E-state index in [1.807, 2.05) is 24.3 Å². The molecule has 2 aromatic rings. The molecule has 1 amide bonds. The quantitative estimate of drug-likeness (QED) is 0.925. The Labute approximate surface area is 148 Å². The molecule has 1 N–H and O–H groups in total. The van der Waals surface area contributed by atoms with Crippen molar-refractivity contribution in [1.82, 2.24) is 15.2 Å². The van der Waals surface area contributed by atoms with E-state index in [1.165, 1.54) is 19.3 Å². The lowest BCUT2D eigenvalue weighted by molar-refractivity contribution is -0.123. The van der Waals surface area contributed by atoms with Gasteiger partial charge in [-0.3, -0.25) is 9.69 Å². The Morgan fingerprint density at radius 2 is 2.00 bits per heavy atom. The van der Waals surface area contributed by atoms with Crippen LogP contribution >= 0.6 is 0 Å². The van der Waals surface area contributed by atoms with Gasteiger partial charge in [0.25, 0.3) is 0 Å². The van der Waals surface area contributed by atoms with Crippen LogP contribution in [-0.4, -0.2) is 41.5 Å². The first-order chi connectivity index (χ1) is 12.3. The summed E-state index contributed by atoms with van der Waals surface area (Å²) in [6.45, 7) is 2.33. The molecule has 1 aliphatic carbocycles. The topological polar surface area (TPSA) is 58.4 Å². The Kier molecular flexibility index (Phi) is 5.02. The van der Waals surface area contributed by atoms with Crippen LogP contribution in [0, 0.1) is 0 Å². The van der Waals surface area contributed by atoms with Gasteiger partial charge >= 0.3 is 0 Å². The molecule has 0 bridgehead atoms. The van der Waals surface area contributed by atoms with E-state index in [1.54, 1.807) is 0 Å². The van der Waals surface area contributed by atoms with E-state index in [2.05, 4.69) is 15.2 Å². The molecule has 1 saturated heterocycles. The number of carbonyl (C=O) groups excluding carboxylic acids is 1. The fraction of sp³-hybridized carbons (Fsp3) is 0.600. The number of rotatable bonds is 4. The highest BCUT2D eigenvalue weighted by Crippen LogP contribution is 2.28. The highest BCUT2D eigenvalue weighted by atomic mass is 16.3. The van der Waals surface area contributed by atoms with E-state index in [9.17, 15) is 4.79 Å². The third-order valence-electron chi connectivity index (χ3n) is 5.50. The van der Waals surface area contributed by atoms with Gasteiger partial charge in [-0.2, -0.15) is 0 Å². The largest absolute Gasteiger partial charge is 0.440 e. The number of hydrogen-bond donors (Lipinski definition) is 1. The van der Waals surface area contributed by atoms with Gasteiger partial charge in [0.2, 0.25) is 5.91 Å². The van der Waals surface area contributed by atoms with Crippen molar-refractivity contribution in [3.05, 3.63) is 30.2 Å². The van der Waals surface area contributed by atoms with Gasteiger partial charge in [-0.25, -0.2) is 4.98 Å². The summed E-state index contributed by atoms with van der Waals surface area (Å²) in [5, 5.41) is 3.22. The van der Waals surface area contributed by atoms with Gasteiger partial charge in [-0.1, -0.05) is 31.4 Å². The number of aromatic nitrogens is 1. The second-order valence-corrected chi connectivity index (χ2v) is 7.50. The number of amides is 1. The molecule has 1 aromatic carbocycles. The summed E-state index contributed by atoms with van der Waals surface area (Å²) >= 11 is 0. The lowest BCUT2D eigenvalue weighted by atomic mass is 9.95. The zero-order chi connectivity index (χ0) is 17.1. The zero-order valence-electron chi connectivity index (χ0n) is 14.7. The van der Waals surface area contributed by atoms with Crippen LogP contribution in [0.25, 0.3) is 11.1 Å². The van der Waals surface area contributed by atoms with Crippen LogP contribution in [0.1, 0.15) is 56.8 Å². The van der Waals surface area contributed by atoms with Gasteiger partial charge in [0, 0.05) is 18.5 Å². The van der Waals surface area contributed by atoms with Crippen molar-refractivity contribution >= 4 is 17.0 Å². The number of nitrogens with one attached hydrogen (secondary N) is 1. The van der Waals surface area contributed by atoms with E-state index >= 15 is 0 Å². The monoisotopic (exact) mass is 341 g/mol. The summed E-state index contributed by atoms with van der Waals surface area (Å²) < 4.78 is 5.94. The van der Waals surface area contributed by atoms with Crippen molar-refractivity contribution in [2.45, 2.75) is 56.9 Å². The maximum Gasteiger partial charge on any atom is 0.234 e. The van der Waals surface area contributed by atoms with Crippen molar-refractivity contribution in [3.63, 3.8) is 0 Å². The summed E-state index contributed by atoms with van der Waals surface area (Å²) in [6, 6.07) is 8.29. The molecule has 25 heavy (non-hydrogen) atoms. The summed E-state index contributed by atoms with van der Waals surface area (Å²) in [7, 11) is 0. The van der Waals surface area contributed by atoms with Crippen molar-refractivity contribution in [2.24, 2.45) is 0 Å². The van der Waals surface area contributed by atoms with Crippen LogP contribution in [-0.2, 0) is 4.79 Å². The fourth-order valence-electron chi connectivity index (χ4n) is 4.19. The maximum atomic E-state index is 12.4. The SMILES string of the molecule is O=C(CN1CCCC(c2nc3ccccc3o2)C1)NC1CCCCC1. The predicted molar refractivity (Wildman–Crippen MR) is 97.4 cm³/mol. The van der Waals surface area contributed by atoms with E-state index in [4.69, 9.17) is 4.42 Å². The molecule has 4 rings (SSSR count). The maximum absolute atomic E-state index is 12.4. The summed E-state index contributed by atoms with van der Waals surface area (Å²) in [6.07, 6.45) is 8.23. The molecule has 5 nitrogen and oxygen atoms in total. The minimum absolute atomic E-state index is 0.171. The minimum Gasteiger partial charge on any atom is -0.440 e. The summed E-state index contributed by atoms with van der Waals surface area (Å²) in [4.78, 5) is 19.3. The lowest BCUT2D eigenvalue weighted by Gasteiger charge is -2.31. The molecule has 5 heteroatoms. The lowest BCUT2D eigenvalue weighted by Crippen LogP contribution is -2.45. The number of para-hydroxylation sites is 2. The fourth-order valence-corrected chi connectivity index (χ4v) is 4.19. The summed E-state index contributed by atoms with van der Waals surface area (Å²) in [5.41, 5.74) is 1.77. The smallest absolute Gasteiger partial charge is 0.234 e. The van der Waals surface area contributed by atoms with Gasteiger partial charge in [-0.15, -0.1) is 0 Å². The second-order valence-electron chi connectivity index (χ2n) is 7.50. The highest BCUT2D eigenvalue weighted by molar-refractivity contribution is 5.78. The average Bonchev–Trinajstić information content (AvgIpc) is 3.07. The molecule has 134 valence electrons. The molecule has 1 unspecified atom stereocenters. The molecule has 1 atom stereocenters. The standard InChI is InChI=1S/C20H27N3O2/c24-19(21-16-8-2-1-3-9-16)14-23-12-6-7-15(13-23)20-22-17-10-4-5-11-18(17)25-20/h4-5,10-11,15-16H,1-3,6-9,12-14H2,(H,21,24). The molecule has 2 heterocycles. The van der Waals surface area contributed by atoms with Gasteiger partial charge < -0.3 is 9.73 Å². The number of hydrogen-bond acceptors (Lipinski definition) is 4. The van der Waals surface area contributed by atoms with E-state index in [0.29, 0.717) is 12.6 Å². The molecule has 1 aromatic heterocycles. The van der Waals surface area contributed by atoms with Gasteiger partial charge in [-0.05, 0) is 44.4 Å². The second kappa shape index (κ2) is 7.56. The van der Waals surface area contributed by atoms with Crippen molar-refractivity contribution in [3.8, 4) is 0 Å². The Bertz CT molecular complexity index is 688. The van der Waals surface area contributed by atoms with Crippen LogP contribution in [0.2, 0.25) is 0 Å². The van der Waals surface area contributed by atoms with Gasteiger partial charge in [0.15, 0.2) is 11.5 Å². The van der Waals surface area contributed by atoms with E-state index in [-0.39, 0.29) is 11.8 Å². The highest BCUT2D eigenvalue weighted by Gasteiger charge is 2.27. The number of carbonyl (C=O) groups is 1. The Balaban J connectivity index is 1.34. The number of likely N-dealkylation sites (tertiary alicyclic amines) is 1. The zero-order valence-corrected chi connectivity index (χ0v) is 14.7. The molecular weight excluding hydrogens is 314 g/mol. The number of benzene rings is 1. The first kappa shape index (κ1) is 16.6. The molecule has 0 radical (unpaired) electrons. The Morgan fingerprint density at radius 1 is 1.16 bits per heavy atom. The van der Waals surface area contributed by atoms with Gasteiger partial charge in [0.05, 0.1) is 6.54 Å². The number of oxazole rings is 1. The van der Waals surface area contributed by atoms with Crippen LogP contribution in [0.4, 0.5) is 0 Å². The van der Waals surface area contributed by atoms with Crippen LogP contribution in [0.15, 0.2) is 28.7 Å². The Hall–Kier alpha value is -1.88. The van der Waals surface area contributed by atoms with Crippen LogP contribution in [0.3, 0.4) is 0 Å². The molecule has 0 spiro atoms. The van der Waals surface area contributed by atoms with Crippen LogP contribution in [0.5, 0.6) is 0 Å². The number of piperidine rings is 1. The third-order valence-corrected chi connectivity index (χ3v) is 5.50. The molecule has 1 saturated carbocycles. The van der Waals surface area contributed by atoms with Gasteiger partial charge in [0.1, 0.15) is 5.52 Å². The first-order valence-corrected chi connectivity index (χ1v) is 9.65. The van der Waals surface area contributed by atoms with Crippen molar-refractivity contribution in [1.29, 1.82) is 0 Å². The molecule has 2 fully saturated rings. The van der Waals surface area contributed by atoms with E-state index < -0.39 is 0 Å². The molecule has 2 aliphatic rings. The Morgan fingerprint density at radius 3 is 2.84 bits per heavy atom. The van der Waals surface area contributed by atoms with Crippen molar-refractivity contribution in [2.75, 3.05) is 19.6 Å². The van der Waals surface area contributed by atoms with Crippen LogP contribution < -0.4 is 5.32 Å². The summed E-state index contributed by atoms with van der Waals surface area (Å²) in [5.74, 6) is 1.27. The van der Waals surface area contributed by atoms with Crippen molar-refractivity contribution < 1.29 is 9.21 Å². The van der Waals surface area contributed by atoms with E-state index in [0.717, 1.165) is 55.8 Å². The average molecular weight is 341 g/mol. The third kappa shape index (κ3) is 4.03. The molecular formula is C20H27N3O2. The molecule has 1 aliphatic heterocycles. The first-order valence-electron chi connectivity index (χ1n) is 9.65. The number of nitrogens with zero attached hydrogens (tertiary/aromatic N) is 2. The minimum atomic E-state index is 0.171.